The van der Waals surface area contributed by atoms with Crippen molar-refractivity contribution in [2.75, 3.05) is 0 Å². The molecular formula is C12H20O. The van der Waals surface area contributed by atoms with E-state index in [0.29, 0.717) is 6.42 Å². The first-order valence-electron chi connectivity index (χ1n) is 5.00. The summed E-state index contributed by atoms with van der Waals surface area (Å²) in [6.45, 7) is 7.87. The van der Waals surface area contributed by atoms with Crippen molar-refractivity contribution < 1.29 is 4.79 Å². The standard InChI is InChI=1S/C12H20O/c1-4-5-6-9-12(13)10-7-8-11(2)3/h7,10H,2,4-6,8-9H2,1,3H3. The summed E-state index contributed by atoms with van der Waals surface area (Å²) in [6.07, 6.45) is 8.44. The van der Waals surface area contributed by atoms with Crippen LogP contribution >= 0.6 is 0 Å². The van der Waals surface area contributed by atoms with E-state index in [2.05, 4.69) is 13.5 Å². The van der Waals surface area contributed by atoms with Crippen LogP contribution in [0.15, 0.2) is 24.3 Å². The van der Waals surface area contributed by atoms with Gasteiger partial charge in [-0.05, 0) is 25.8 Å². The second kappa shape index (κ2) is 7.78. The Hall–Kier alpha value is -0.850. The summed E-state index contributed by atoms with van der Waals surface area (Å²) in [5, 5.41) is 0. The lowest BCUT2D eigenvalue weighted by Crippen LogP contribution is -1.91. The van der Waals surface area contributed by atoms with Crippen LogP contribution in [0.4, 0.5) is 0 Å². The lowest BCUT2D eigenvalue weighted by molar-refractivity contribution is -0.114. The van der Waals surface area contributed by atoms with Gasteiger partial charge in [0.1, 0.15) is 0 Å². The predicted octanol–water partition coefficient (Wildman–Crippen LogP) is 3.66. The van der Waals surface area contributed by atoms with Gasteiger partial charge in [-0.2, -0.15) is 0 Å². The van der Waals surface area contributed by atoms with E-state index in [-0.39, 0.29) is 5.78 Å². The van der Waals surface area contributed by atoms with Crippen molar-refractivity contribution in [1.29, 1.82) is 0 Å². The third-order valence-electron chi connectivity index (χ3n) is 1.80. The molecule has 0 radical (unpaired) electrons. The summed E-state index contributed by atoms with van der Waals surface area (Å²) in [5.74, 6) is 0.245. The zero-order valence-corrected chi connectivity index (χ0v) is 8.81. The molecule has 0 rings (SSSR count). The second-order valence-electron chi connectivity index (χ2n) is 3.49. The quantitative estimate of drug-likeness (QED) is 0.332. The minimum Gasteiger partial charge on any atom is -0.295 e. The minimum atomic E-state index is 0.245. The van der Waals surface area contributed by atoms with E-state index in [1.165, 1.54) is 6.42 Å². The van der Waals surface area contributed by atoms with Crippen LogP contribution < -0.4 is 0 Å². The number of carbonyl (C=O) groups excluding carboxylic acids is 1. The van der Waals surface area contributed by atoms with Gasteiger partial charge in [0.25, 0.3) is 0 Å². The SMILES string of the molecule is C=C(C)CC=CC(=O)CCCCC. The van der Waals surface area contributed by atoms with Gasteiger partial charge in [-0.1, -0.05) is 38.0 Å². The van der Waals surface area contributed by atoms with Crippen LogP contribution in [0.1, 0.15) is 46.0 Å². The van der Waals surface area contributed by atoms with E-state index in [1.807, 2.05) is 13.0 Å². The molecule has 0 aliphatic carbocycles. The van der Waals surface area contributed by atoms with Gasteiger partial charge < -0.3 is 0 Å². The van der Waals surface area contributed by atoms with Crippen LogP contribution in [0.5, 0.6) is 0 Å². The van der Waals surface area contributed by atoms with Gasteiger partial charge in [-0.15, -0.1) is 0 Å². The highest BCUT2D eigenvalue weighted by Gasteiger charge is 1.94. The van der Waals surface area contributed by atoms with Crippen molar-refractivity contribution in [1.82, 2.24) is 0 Å². The molecule has 0 aromatic rings. The van der Waals surface area contributed by atoms with Gasteiger partial charge in [0.15, 0.2) is 5.78 Å². The van der Waals surface area contributed by atoms with Crippen molar-refractivity contribution in [3.05, 3.63) is 24.3 Å². The summed E-state index contributed by atoms with van der Waals surface area (Å²) in [7, 11) is 0. The highest BCUT2D eigenvalue weighted by molar-refractivity contribution is 5.89. The second-order valence-corrected chi connectivity index (χ2v) is 3.49. The lowest BCUT2D eigenvalue weighted by Gasteiger charge is -1.94. The third-order valence-corrected chi connectivity index (χ3v) is 1.80. The number of ketones is 1. The average molecular weight is 180 g/mol. The van der Waals surface area contributed by atoms with E-state index in [0.717, 1.165) is 24.8 Å². The molecule has 0 N–H and O–H groups in total. The van der Waals surface area contributed by atoms with Gasteiger partial charge in [0, 0.05) is 6.42 Å². The smallest absolute Gasteiger partial charge is 0.155 e. The highest BCUT2D eigenvalue weighted by Crippen LogP contribution is 2.02. The van der Waals surface area contributed by atoms with Crippen molar-refractivity contribution in [3.63, 3.8) is 0 Å². The number of unbranched alkanes of at least 4 members (excludes halogenated alkanes) is 2. The van der Waals surface area contributed by atoms with Gasteiger partial charge in [0.05, 0.1) is 0 Å². The van der Waals surface area contributed by atoms with Crippen molar-refractivity contribution in [2.45, 2.75) is 46.0 Å². The maximum Gasteiger partial charge on any atom is 0.155 e. The Kier molecular flexibility index (Phi) is 7.27. The zero-order chi connectivity index (χ0) is 10.1. The molecule has 0 aromatic carbocycles. The molecule has 0 fully saturated rings. The van der Waals surface area contributed by atoms with Crippen LogP contribution in [-0.4, -0.2) is 5.78 Å². The fourth-order valence-corrected chi connectivity index (χ4v) is 1.02. The Bertz CT molecular complexity index is 189. The van der Waals surface area contributed by atoms with Crippen LogP contribution in [0.2, 0.25) is 0 Å². The summed E-state index contributed by atoms with van der Waals surface area (Å²) in [5.41, 5.74) is 1.10. The summed E-state index contributed by atoms with van der Waals surface area (Å²) in [4.78, 5) is 11.2. The molecule has 13 heavy (non-hydrogen) atoms. The molecule has 0 aliphatic rings. The molecule has 0 amide bonds. The van der Waals surface area contributed by atoms with Crippen molar-refractivity contribution in [2.24, 2.45) is 0 Å². The van der Waals surface area contributed by atoms with Crippen LogP contribution in [0, 0.1) is 0 Å². The van der Waals surface area contributed by atoms with Crippen LogP contribution in [0.3, 0.4) is 0 Å². The summed E-state index contributed by atoms with van der Waals surface area (Å²) in [6, 6.07) is 0. The molecule has 0 atom stereocenters. The van der Waals surface area contributed by atoms with E-state index in [9.17, 15) is 4.79 Å². The fraction of sp³-hybridized carbons (Fsp3) is 0.583. The molecule has 0 aliphatic heterocycles. The van der Waals surface area contributed by atoms with Crippen LogP contribution in [0.25, 0.3) is 0 Å². The van der Waals surface area contributed by atoms with E-state index < -0.39 is 0 Å². The van der Waals surface area contributed by atoms with Gasteiger partial charge >= 0.3 is 0 Å². The summed E-state index contributed by atoms with van der Waals surface area (Å²) < 4.78 is 0. The van der Waals surface area contributed by atoms with Crippen molar-refractivity contribution >= 4 is 5.78 Å². The number of rotatable bonds is 7. The molecule has 0 aromatic heterocycles. The molecule has 0 bridgehead atoms. The maximum absolute atomic E-state index is 11.2. The first-order valence-corrected chi connectivity index (χ1v) is 5.00. The van der Waals surface area contributed by atoms with E-state index >= 15 is 0 Å². The Morgan fingerprint density at radius 3 is 2.62 bits per heavy atom. The van der Waals surface area contributed by atoms with Gasteiger partial charge in [0.2, 0.25) is 0 Å². The Morgan fingerprint density at radius 1 is 1.38 bits per heavy atom. The molecule has 0 unspecified atom stereocenters. The fourth-order valence-electron chi connectivity index (χ4n) is 1.02. The number of allylic oxidation sites excluding steroid dienone is 3. The number of hydrogen-bond donors (Lipinski definition) is 0. The lowest BCUT2D eigenvalue weighted by atomic mass is 10.1. The Labute approximate surface area is 81.5 Å². The first-order chi connectivity index (χ1) is 6.16. The third kappa shape index (κ3) is 9.06. The average Bonchev–Trinajstić information content (AvgIpc) is 2.04. The predicted molar refractivity (Wildman–Crippen MR) is 57.7 cm³/mol. The molecule has 0 heterocycles. The molecule has 1 heteroatoms. The molecule has 1 nitrogen and oxygen atoms in total. The monoisotopic (exact) mass is 180 g/mol. The molecule has 0 saturated heterocycles. The molecule has 0 spiro atoms. The molecular weight excluding hydrogens is 160 g/mol. The Morgan fingerprint density at radius 2 is 2.08 bits per heavy atom. The number of carbonyl (C=O) groups is 1. The van der Waals surface area contributed by atoms with Crippen LogP contribution in [-0.2, 0) is 4.79 Å². The van der Waals surface area contributed by atoms with E-state index in [4.69, 9.17) is 0 Å². The maximum atomic E-state index is 11.2. The minimum absolute atomic E-state index is 0.245. The largest absolute Gasteiger partial charge is 0.295 e. The normalized spacial score (nSPS) is 10.6. The molecule has 74 valence electrons. The van der Waals surface area contributed by atoms with E-state index in [1.54, 1.807) is 6.08 Å². The topological polar surface area (TPSA) is 17.1 Å². The number of hydrogen-bond acceptors (Lipinski definition) is 1. The molecule has 0 saturated carbocycles. The zero-order valence-electron chi connectivity index (χ0n) is 8.81. The van der Waals surface area contributed by atoms with Gasteiger partial charge in [-0.3, -0.25) is 4.79 Å². The Balaban J connectivity index is 3.49. The summed E-state index contributed by atoms with van der Waals surface area (Å²) >= 11 is 0. The first kappa shape index (κ1) is 12.2. The van der Waals surface area contributed by atoms with Gasteiger partial charge in [-0.25, -0.2) is 0 Å². The van der Waals surface area contributed by atoms with Crippen molar-refractivity contribution in [3.8, 4) is 0 Å². The highest BCUT2D eigenvalue weighted by atomic mass is 16.1.